The van der Waals surface area contributed by atoms with Gasteiger partial charge in [0.05, 0.1) is 0 Å². The van der Waals surface area contributed by atoms with E-state index in [4.69, 9.17) is 0 Å². The molecule has 2 amide bonds. The van der Waals surface area contributed by atoms with Crippen molar-refractivity contribution in [3.63, 3.8) is 0 Å². The predicted octanol–water partition coefficient (Wildman–Crippen LogP) is 2.57. The van der Waals surface area contributed by atoms with E-state index in [0.29, 0.717) is 6.54 Å². The van der Waals surface area contributed by atoms with Crippen molar-refractivity contribution in [3.05, 3.63) is 35.4 Å². The number of hydrogen-bond donors (Lipinski definition) is 2. The molecule has 2 unspecified atom stereocenters. The molecule has 0 aromatic heterocycles. The van der Waals surface area contributed by atoms with Crippen molar-refractivity contribution >= 4 is 11.8 Å². The van der Waals surface area contributed by atoms with Gasteiger partial charge in [-0.05, 0) is 38.1 Å². The maximum absolute atomic E-state index is 13.8. The molecule has 0 heterocycles. The molecule has 2 atom stereocenters. The van der Waals surface area contributed by atoms with E-state index in [1.807, 2.05) is 20.8 Å². The van der Waals surface area contributed by atoms with Gasteiger partial charge in [-0.3, -0.25) is 14.5 Å². The molecule has 0 saturated heterocycles. The highest BCUT2D eigenvalue weighted by atomic mass is 19.1. The van der Waals surface area contributed by atoms with Crippen molar-refractivity contribution in [2.75, 3.05) is 19.6 Å². The molecule has 5 nitrogen and oxygen atoms in total. The van der Waals surface area contributed by atoms with Gasteiger partial charge in [-0.15, -0.1) is 0 Å². The Kier molecular flexibility index (Phi) is 8.65. The minimum atomic E-state index is -0.958. The zero-order valence-electron chi connectivity index (χ0n) is 16.1. The molecule has 0 fully saturated rings. The van der Waals surface area contributed by atoms with E-state index in [1.165, 1.54) is 6.07 Å². The monoisotopic (exact) mass is 369 g/mol. The lowest BCUT2D eigenvalue weighted by Gasteiger charge is -2.28. The lowest BCUT2D eigenvalue weighted by Crippen LogP contribution is -2.52. The highest BCUT2D eigenvalue weighted by Gasteiger charge is 2.27. The summed E-state index contributed by atoms with van der Waals surface area (Å²) >= 11 is 0. The van der Waals surface area contributed by atoms with E-state index in [9.17, 15) is 18.4 Å². The minimum Gasteiger partial charge on any atom is -0.353 e. The fourth-order valence-corrected chi connectivity index (χ4v) is 2.80. The molecule has 0 aliphatic carbocycles. The zero-order valence-corrected chi connectivity index (χ0v) is 16.1. The number of amides is 2. The summed E-state index contributed by atoms with van der Waals surface area (Å²) in [6.07, 6.45) is 0. The van der Waals surface area contributed by atoms with Crippen LogP contribution in [0, 0.1) is 17.6 Å². The van der Waals surface area contributed by atoms with E-state index in [1.54, 1.807) is 13.8 Å². The SMILES string of the molecule is CCN(CC)C(C)CNC(=O)C(NC(=O)c1c(F)cccc1F)C(C)C. The largest absolute Gasteiger partial charge is 0.353 e. The van der Waals surface area contributed by atoms with Gasteiger partial charge in [-0.2, -0.15) is 0 Å². The van der Waals surface area contributed by atoms with Gasteiger partial charge in [0.25, 0.3) is 5.91 Å². The summed E-state index contributed by atoms with van der Waals surface area (Å²) < 4.78 is 27.5. The fraction of sp³-hybridized carbons (Fsp3) is 0.579. The molecular weight excluding hydrogens is 340 g/mol. The third-order valence-corrected chi connectivity index (χ3v) is 4.43. The number of hydrogen-bond acceptors (Lipinski definition) is 3. The Labute approximate surface area is 154 Å². The smallest absolute Gasteiger partial charge is 0.257 e. The van der Waals surface area contributed by atoms with Crippen molar-refractivity contribution < 1.29 is 18.4 Å². The molecular formula is C19H29F2N3O2. The Bertz CT molecular complexity index is 599. The molecule has 26 heavy (non-hydrogen) atoms. The second-order valence-corrected chi connectivity index (χ2v) is 6.61. The van der Waals surface area contributed by atoms with E-state index >= 15 is 0 Å². The van der Waals surface area contributed by atoms with Gasteiger partial charge < -0.3 is 10.6 Å². The van der Waals surface area contributed by atoms with Gasteiger partial charge in [-0.25, -0.2) is 8.78 Å². The number of carbonyl (C=O) groups excluding carboxylic acids is 2. The van der Waals surface area contributed by atoms with Crippen LogP contribution in [0.3, 0.4) is 0 Å². The van der Waals surface area contributed by atoms with Crippen LogP contribution >= 0.6 is 0 Å². The quantitative estimate of drug-likeness (QED) is 0.703. The molecule has 146 valence electrons. The van der Waals surface area contributed by atoms with Crippen LogP contribution in [0.5, 0.6) is 0 Å². The highest BCUT2D eigenvalue weighted by molar-refractivity contribution is 5.98. The van der Waals surface area contributed by atoms with Crippen molar-refractivity contribution in [2.45, 2.75) is 46.7 Å². The van der Waals surface area contributed by atoms with E-state index in [2.05, 4.69) is 15.5 Å². The molecule has 0 spiro atoms. The first kappa shape index (κ1) is 22.0. The van der Waals surface area contributed by atoms with Gasteiger partial charge in [0.15, 0.2) is 0 Å². The van der Waals surface area contributed by atoms with Crippen LogP contribution in [0.2, 0.25) is 0 Å². The molecule has 2 N–H and O–H groups in total. The Hall–Kier alpha value is -2.02. The minimum absolute atomic E-state index is 0.140. The van der Waals surface area contributed by atoms with Gasteiger partial charge in [0.2, 0.25) is 5.91 Å². The first-order valence-corrected chi connectivity index (χ1v) is 8.99. The summed E-state index contributed by atoms with van der Waals surface area (Å²) in [5.74, 6) is -3.46. The Morgan fingerprint density at radius 3 is 2.08 bits per heavy atom. The summed E-state index contributed by atoms with van der Waals surface area (Å²) in [5, 5.41) is 5.27. The molecule has 1 aromatic rings. The van der Waals surface area contributed by atoms with Crippen LogP contribution < -0.4 is 10.6 Å². The van der Waals surface area contributed by atoms with Crippen LogP contribution in [0.25, 0.3) is 0 Å². The second-order valence-electron chi connectivity index (χ2n) is 6.61. The molecule has 0 aliphatic rings. The maximum atomic E-state index is 13.8. The predicted molar refractivity (Wildman–Crippen MR) is 97.8 cm³/mol. The number of rotatable bonds is 9. The van der Waals surface area contributed by atoms with Crippen LogP contribution in [0.4, 0.5) is 8.78 Å². The van der Waals surface area contributed by atoms with Crippen LogP contribution in [-0.4, -0.2) is 48.4 Å². The zero-order chi connectivity index (χ0) is 19.9. The molecule has 7 heteroatoms. The summed E-state index contributed by atoms with van der Waals surface area (Å²) in [4.78, 5) is 27.0. The Morgan fingerprint density at radius 2 is 1.62 bits per heavy atom. The summed E-state index contributed by atoms with van der Waals surface area (Å²) in [5.41, 5.74) is -0.678. The fourth-order valence-electron chi connectivity index (χ4n) is 2.80. The maximum Gasteiger partial charge on any atom is 0.257 e. The summed E-state index contributed by atoms with van der Waals surface area (Å²) in [7, 11) is 0. The van der Waals surface area contributed by atoms with Gasteiger partial charge in [-0.1, -0.05) is 33.8 Å². The molecule has 1 rings (SSSR count). The number of benzene rings is 1. The molecule has 0 bridgehead atoms. The number of likely N-dealkylation sites (N-methyl/N-ethyl adjacent to an activating group) is 1. The normalized spacial score (nSPS) is 13.6. The van der Waals surface area contributed by atoms with Crippen molar-refractivity contribution in [1.82, 2.24) is 15.5 Å². The van der Waals surface area contributed by atoms with E-state index < -0.39 is 29.1 Å². The van der Waals surface area contributed by atoms with Crippen molar-refractivity contribution in [3.8, 4) is 0 Å². The average molecular weight is 369 g/mol. The van der Waals surface area contributed by atoms with Crippen molar-refractivity contribution in [2.24, 2.45) is 5.92 Å². The van der Waals surface area contributed by atoms with Gasteiger partial charge in [0, 0.05) is 12.6 Å². The second kappa shape index (κ2) is 10.2. The number of nitrogens with one attached hydrogen (secondary N) is 2. The third kappa shape index (κ3) is 5.76. The van der Waals surface area contributed by atoms with Crippen LogP contribution in [0.15, 0.2) is 18.2 Å². The van der Waals surface area contributed by atoms with Crippen LogP contribution in [-0.2, 0) is 4.79 Å². The highest BCUT2D eigenvalue weighted by Crippen LogP contribution is 2.13. The molecule has 0 saturated carbocycles. The molecule has 0 aliphatic heterocycles. The van der Waals surface area contributed by atoms with E-state index in [-0.39, 0.29) is 17.9 Å². The van der Waals surface area contributed by atoms with Crippen LogP contribution in [0.1, 0.15) is 45.0 Å². The number of halogens is 2. The molecule has 0 radical (unpaired) electrons. The first-order chi connectivity index (χ1) is 12.2. The van der Waals surface area contributed by atoms with E-state index in [0.717, 1.165) is 25.2 Å². The summed E-state index contributed by atoms with van der Waals surface area (Å²) in [6, 6.07) is 2.46. The Balaban J connectivity index is 2.79. The first-order valence-electron chi connectivity index (χ1n) is 8.99. The lowest BCUT2D eigenvalue weighted by molar-refractivity contribution is -0.124. The van der Waals surface area contributed by atoms with Crippen molar-refractivity contribution in [1.29, 1.82) is 0 Å². The molecule has 1 aromatic carbocycles. The van der Waals surface area contributed by atoms with Gasteiger partial charge >= 0.3 is 0 Å². The third-order valence-electron chi connectivity index (χ3n) is 4.43. The number of carbonyl (C=O) groups is 2. The standard InChI is InChI=1S/C19H29F2N3O2/c1-6-24(7-2)13(5)11-22-19(26)17(12(3)4)23-18(25)16-14(20)9-8-10-15(16)21/h8-10,12-13,17H,6-7,11H2,1-5H3,(H,22,26)(H,23,25). The Morgan fingerprint density at radius 1 is 1.08 bits per heavy atom. The lowest BCUT2D eigenvalue weighted by atomic mass is 10.0. The summed E-state index contributed by atoms with van der Waals surface area (Å²) in [6.45, 7) is 11.8. The topological polar surface area (TPSA) is 61.4 Å². The number of nitrogens with zero attached hydrogens (tertiary/aromatic N) is 1. The van der Waals surface area contributed by atoms with Gasteiger partial charge in [0.1, 0.15) is 23.2 Å². The average Bonchev–Trinajstić information content (AvgIpc) is 2.58.